The highest BCUT2D eigenvalue weighted by Gasteiger charge is 2.48. The lowest BCUT2D eigenvalue weighted by Crippen LogP contribution is -2.60. The summed E-state index contributed by atoms with van der Waals surface area (Å²) in [6, 6.07) is 0. The second kappa shape index (κ2) is 39.8. The first-order valence-electron chi connectivity index (χ1n) is 23.3. The number of esters is 1. The number of hydrogen-bond donors (Lipinski definition) is 4. The van der Waals surface area contributed by atoms with E-state index in [-0.39, 0.29) is 19.6 Å². The van der Waals surface area contributed by atoms with Crippen LogP contribution in [0.3, 0.4) is 0 Å². The number of carbonyl (C=O) groups is 1. The van der Waals surface area contributed by atoms with E-state index in [0.717, 1.165) is 103 Å². The normalized spacial score (nSPS) is 20.8. The van der Waals surface area contributed by atoms with E-state index >= 15 is 0 Å². The maximum absolute atomic E-state index is 12.9. The van der Waals surface area contributed by atoms with E-state index in [9.17, 15) is 28.5 Å². The molecule has 0 aliphatic carbocycles. The van der Waals surface area contributed by atoms with Gasteiger partial charge in [-0.3, -0.25) is 9.35 Å². The van der Waals surface area contributed by atoms with Crippen LogP contribution in [0.4, 0.5) is 0 Å². The summed E-state index contributed by atoms with van der Waals surface area (Å²) >= 11 is 0. The number of ether oxygens (including phenoxy) is 4. The Morgan fingerprint density at radius 3 is 1.63 bits per heavy atom. The monoisotopic (exact) mass is 895 g/mol. The minimum atomic E-state index is -5.07. The molecule has 13 heteroatoms. The van der Waals surface area contributed by atoms with Crippen molar-refractivity contribution in [1.82, 2.24) is 0 Å². The zero-order valence-electron chi connectivity index (χ0n) is 37.9. The molecule has 356 valence electrons. The Bertz CT molecular complexity index is 1400. The van der Waals surface area contributed by atoms with Crippen LogP contribution in [0, 0.1) is 0 Å². The zero-order chi connectivity index (χ0) is 45.4. The lowest BCUT2D eigenvalue weighted by atomic mass is 9.99. The van der Waals surface area contributed by atoms with Crippen LogP contribution in [0.1, 0.15) is 155 Å². The zero-order valence-corrected chi connectivity index (χ0v) is 38.7. The van der Waals surface area contributed by atoms with Gasteiger partial charge in [-0.2, -0.15) is 8.42 Å². The summed E-state index contributed by atoms with van der Waals surface area (Å²) in [7, 11) is -5.07. The van der Waals surface area contributed by atoms with E-state index in [2.05, 4.69) is 103 Å². The summed E-state index contributed by atoms with van der Waals surface area (Å²) in [6.07, 6.45) is 43.3. The first-order valence-corrected chi connectivity index (χ1v) is 24.7. The molecule has 0 aromatic heterocycles. The molecule has 1 fully saturated rings. The summed E-state index contributed by atoms with van der Waals surface area (Å²) in [6.45, 7) is 3.73. The maximum atomic E-state index is 12.9. The highest BCUT2D eigenvalue weighted by atomic mass is 32.3. The Labute approximate surface area is 374 Å². The predicted octanol–water partition coefficient (Wildman–Crippen LogP) is 10.1. The van der Waals surface area contributed by atoms with E-state index < -0.39 is 59.8 Å². The summed E-state index contributed by atoms with van der Waals surface area (Å²) < 4.78 is 59.0. The van der Waals surface area contributed by atoms with Crippen molar-refractivity contribution < 1.29 is 56.2 Å². The molecule has 1 aliphatic heterocycles. The predicted molar refractivity (Wildman–Crippen MR) is 248 cm³/mol. The third-order valence-electron chi connectivity index (χ3n) is 10.0. The van der Waals surface area contributed by atoms with Gasteiger partial charge in [0, 0.05) is 13.0 Å². The van der Waals surface area contributed by atoms with Gasteiger partial charge in [0.1, 0.15) is 30.5 Å². The van der Waals surface area contributed by atoms with E-state index in [1.165, 1.54) is 25.7 Å². The van der Waals surface area contributed by atoms with Crippen molar-refractivity contribution in [3.8, 4) is 0 Å². The second-order valence-electron chi connectivity index (χ2n) is 15.6. The first-order chi connectivity index (χ1) is 30.1. The Balaban J connectivity index is 2.46. The van der Waals surface area contributed by atoms with Crippen molar-refractivity contribution >= 4 is 16.4 Å². The van der Waals surface area contributed by atoms with Crippen LogP contribution in [-0.2, 0) is 38.3 Å². The van der Waals surface area contributed by atoms with E-state index in [4.69, 9.17) is 23.5 Å². The summed E-state index contributed by atoms with van der Waals surface area (Å²) in [5, 5.41) is 30.7. The minimum absolute atomic E-state index is 0.00366. The molecule has 0 aromatic rings. The number of hydrogen-bond acceptors (Lipinski definition) is 11. The van der Waals surface area contributed by atoms with Crippen LogP contribution in [-0.4, -0.2) is 97.5 Å². The van der Waals surface area contributed by atoms with Crippen LogP contribution in [0.25, 0.3) is 0 Å². The number of aliphatic hydroxyl groups excluding tert-OH is 3. The first kappa shape index (κ1) is 57.3. The van der Waals surface area contributed by atoms with Gasteiger partial charge in [0.25, 0.3) is 0 Å². The Hall–Kier alpha value is -2.72. The lowest BCUT2D eigenvalue weighted by Gasteiger charge is -2.41. The lowest BCUT2D eigenvalue weighted by molar-refractivity contribution is -0.301. The van der Waals surface area contributed by atoms with Gasteiger partial charge in [-0.25, -0.2) is 4.18 Å². The van der Waals surface area contributed by atoms with Gasteiger partial charge in [0.2, 0.25) is 0 Å². The fourth-order valence-corrected chi connectivity index (χ4v) is 7.00. The van der Waals surface area contributed by atoms with Crippen LogP contribution >= 0.6 is 0 Å². The third kappa shape index (κ3) is 32.9. The molecule has 4 N–H and O–H groups in total. The van der Waals surface area contributed by atoms with Crippen molar-refractivity contribution in [2.45, 2.75) is 192 Å². The molecule has 6 unspecified atom stereocenters. The molecular weight excluding hydrogens is 813 g/mol. The highest BCUT2D eigenvalue weighted by Crippen LogP contribution is 2.26. The molecular formula is C49H82O12S. The van der Waals surface area contributed by atoms with Gasteiger partial charge in [0.05, 0.1) is 19.8 Å². The summed E-state index contributed by atoms with van der Waals surface area (Å²) in [5.74, 6) is -0.427. The standard InChI is InChI=1S/C49H82O12S/c1-3-5-7-9-11-13-15-17-19-21-22-23-24-26-28-30-32-34-36-38-45(51)59-43(42-58-49-47(53)48(61-62(54,55)56)46(52)44(40-50)60-49)41-57-39-37-35-33-31-29-27-25-20-18-16-14-12-10-8-6-4-2/h6,8,11-14,17-20,22-23,27,29,43-44,46-50,52-53H,3-5,7,9-10,15-16,21,24-26,28,30-42H2,1-2H3,(H,54,55,56)/b8-6-,13-11-,14-12-,19-17-,20-18-,23-22-,29-27-. The fraction of sp³-hybridized carbons (Fsp3) is 0.694. The van der Waals surface area contributed by atoms with Crippen LogP contribution in [0.15, 0.2) is 85.1 Å². The van der Waals surface area contributed by atoms with E-state index in [1.807, 2.05) is 0 Å². The molecule has 6 atom stereocenters. The average molecular weight is 895 g/mol. The second-order valence-corrected chi connectivity index (χ2v) is 16.7. The molecule has 0 amide bonds. The minimum Gasteiger partial charge on any atom is -0.457 e. The van der Waals surface area contributed by atoms with Gasteiger partial charge in [-0.1, -0.05) is 144 Å². The van der Waals surface area contributed by atoms with Crippen molar-refractivity contribution in [3.05, 3.63) is 85.1 Å². The molecule has 0 spiro atoms. The summed E-state index contributed by atoms with van der Waals surface area (Å²) in [4.78, 5) is 12.9. The van der Waals surface area contributed by atoms with E-state index in [0.29, 0.717) is 13.0 Å². The smallest absolute Gasteiger partial charge is 0.397 e. The molecule has 0 bridgehead atoms. The van der Waals surface area contributed by atoms with Gasteiger partial charge in [-0.15, -0.1) is 0 Å². The fourth-order valence-electron chi connectivity index (χ4n) is 6.49. The molecule has 1 rings (SSSR count). The number of allylic oxidation sites excluding steroid dienone is 14. The SMILES string of the molecule is CC/C=C\C/C=C\C/C=C\C/C=C\CCCCCOCC(COC1OC(CO)C(O)C(OS(=O)(=O)O)C1O)OC(=O)CCCCCCCC/C=C\C/C=C\C/C=C\CCCCC. The Morgan fingerprint density at radius 1 is 0.629 bits per heavy atom. The van der Waals surface area contributed by atoms with Crippen molar-refractivity contribution in [2.75, 3.05) is 26.4 Å². The molecule has 1 heterocycles. The van der Waals surface area contributed by atoms with Crippen molar-refractivity contribution in [1.29, 1.82) is 0 Å². The number of aliphatic hydroxyl groups is 3. The van der Waals surface area contributed by atoms with Gasteiger partial charge in [-0.05, 0) is 89.9 Å². The Morgan fingerprint density at radius 2 is 1.11 bits per heavy atom. The summed E-state index contributed by atoms with van der Waals surface area (Å²) in [5.41, 5.74) is 0. The highest BCUT2D eigenvalue weighted by molar-refractivity contribution is 7.80. The number of unbranched alkanes of at least 4 members (excludes halogenated alkanes) is 12. The van der Waals surface area contributed by atoms with Crippen LogP contribution in [0.2, 0.25) is 0 Å². The molecule has 0 radical (unpaired) electrons. The van der Waals surface area contributed by atoms with E-state index in [1.54, 1.807) is 0 Å². The largest absolute Gasteiger partial charge is 0.457 e. The molecule has 1 aliphatic rings. The average Bonchev–Trinajstić information content (AvgIpc) is 3.24. The number of carbonyl (C=O) groups excluding carboxylic acids is 1. The van der Waals surface area contributed by atoms with Gasteiger partial charge in [0.15, 0.2) is 6.29 Å². The Kier molecular flexibility index (Phi) is 36.8. The molecule has 12 nitrogen and oxygen atoms in total. The third-order valence-corrected chi connectivity index (χ3v) is 10.5. The molecule has 0 saturated carbocycles. The van der Waals surface area contributed by atoms with Gasteiger partial charge >= 0.3 is 16.4 Å². The topological polar surface area (TPSA) is 178 Å². The quantitative estimate of drug-likeness (QED) is 0.0199. The number of rotatable bonds is 39. The molecule has 0 aromatic carbocycles. The van der Waals surface area contributed by atoms with Crippen LogP contribution < -0.4 is 0 Å². The van der Waals surface area contributed by atoms with Crippen LogP contribution in [0.5, 0.6) is 0 Å². The van der Waals surface area contributed by atoms with Gasteiger partial charge < -0.3 is 34.3 Å². The molecule has 1 saturated heterocycles. The molecule has 62 heavy (non-hydrogen) atoms. The van der Waals surface area contributed by atoms with Crippen molar-refractivity contribution in [3.63, 3.8) is 0 Å². The van der Waals surface area contributed by atoms with Crippen molar-refractivity contribution in [2.24, 2.45) is 0 Å². The maximum Gasteiger partial charge on any atom is 0.397 e.